The average Bonchev–Trinajstić information content (AvgIpc) is 2.86. The Kier molecular flexibility index (Phi) is 2.61. The van der Waals surface area contributed by atoms with Gasteiger partial charge in [0.25, 0.3) is 0 Å². The van der Waals surface area contributed by atoms with Crippen molar-refractivity contribution in [1.82, 2.24) is 9.97 Å². The Bertz CT molecular complexity index is 675. The van der Waals surface area contributed by atoms with Crippen LogP contribution < -0.4 is 5.32 Å². The highest BCUT2D eigenvalue weighted by Crippen LogP contribution is 2.22. The van der Waals surface area contributed by atoms with Gasteiger partial charge in [-0.25, -0.2) is 4.98 Å². The van der Waals surface area contributed by atoms with E-state index in [4.69, 9.17) is 0 Å². The summed E-state index contributed by atoms with van der Waals surface area (Å²) in [6.45, 7) is 0.568. The van der Waals surface area contributed by atoms with E-state index in [1.807, 2.05) is 36.4 Å². The van der Waals surface area contributed by atoms with Crippen molar-refractivity contribution in [3.05, 3.63) is 54.4 Å². The molecule has 4 nitrogen and oxygen atoms in total. The van der Waals surface area contributed by atoms with E-state index in [9.17, 15) is 5.11 Å². The molecule has 0 saturated carbocycles. The fourth-order valence-corrected chi connectivity index (χ4v) is 1.96. The summed E-state index contributed by atoms with van der Waals surface area (Å²) in [5, 5.41) is 13.0. The van der Waals surface area contributed by atoms with Crippen LogP contribution in [0.15, 0.2) is 48.8 Å². The molecule has 4 heteroatoms. The number of imidazole rings is 1. The Morgan fingerprint density at radius 3 is 2.89 bits per heavy atom. The molecule has 0 fully saturated rings. The highest BCUT2D eigenvalue weighted by Gasteiger charge is 2.04. The van der Waals surface area contributed by atoms with Crippen LogP contribution >= 0.6 is 0 Å². The van der Waals surface area contributed by atoms with Crippen molar-refractivity contribution < 1.29 is 5.11 Å². The molecule has 3 aromatic rings. The van der Waals surface area contributed by atoms with Gasteiger partial charge in [-0.15, -0.1) is 0 Å². The van der Waals surface area contributed by atoms with Gasteiger partial charge in [-0.1, -0.05) is 24.3 Å². The van der Waals surface area contributed by atoms with Gasteiger partial charge < -0.3 is 15.4 Å². The third-order valence-corrected chi connectivity index (χ3v) is 2.91. The van der Waals surface area contributed by atoms with Crippen molar-refractivity contribution in [1.29, 1.82) is 0 Å². The van der Waals surface area contributed by atoms with Crippen LogP contribution in [-0.4, -0.2) is 15.1 Å². The molecule has 0 atom stereocenters. The summed E-state index contributed by atoms with van der Waals surface area (Å²) in [6, 6.07) is 13.2. The minimum absolute atomic E-state index is 0.305. The van der Waals surface area contributed by atoms with Gasteiger partial charge in [0.15, 0.2) is 0 Å². The maximum Gasteiger partial charge on any atom is 0.120 e. The summed E-state index contributed by atoms with van der Waals surface area (Å²) < 4.78 is 0. The number of phenolic OH excluding ortho intramolecular Hbond substituents is 1. The minimum Gasteiger partial charge on any atom is -0.508 e. The van der Waals surface area contributed by atoms with Crippen LogP contribution in [0.25, 0.3) is 11.0 Å². The smallest absolute Gasteiger partial charge is 0.120 e. The van der Waals surface area contributed by atoms with Crippen molar-refractivity contribution in [2.24, 2.45) is 0 Å². The summed E-state index contributed by atoms with van der Waals surface area (Å²) in [5.41, 5.74) is 3.73. The maximum atomic E-state index is 9.70. The number of hydrogen-bond donors (Lipinski definition) is 3. The predicted octanol–water partition coefficient (Wildman–Crippen LogP) is 2.88. The van der Waals surface area contributed by atoms with Gasteiger partial charge in [0.1, 0.15) is 11.3 Å². The summed E-state index contributed by atoms with van der Waals surface area (Å²) in [7, 11) is 0. The van der Waals surface area contributed by atoms with Crippen LogP contribution in [-0.2, 0) is 6.54 Å². The lowest BCUT2D eigenvalue weighted by molar-refractivity contribution is 0.469. The van der Waals surface area contributed by atoms with E-state index in [0.717, 1.165) is 22.3 Å². The maximum absolute atomic E-state index is 9.70. The van der Waals surface area contributed by atoms with Gasteiger partial charge in [-0.3, -0.25) is 0 Å². The third kappa shape index (κ3) is 1.88. The van der Waals surface area contributed by atoms with Gasteiger partial charge in [0.2, 0.25) is 0 Å². The first kappa shape index (κ1) is 10.7. The van der Waals surface area contributed by atoms with Crippen LogP contribution in [0, 0.1) is 0 Å². The quantitative estimate of drug-likeness (QED) is 0.658. The van der Waals surface area contributed by atoms with Gasteiger partial charge >= 0.3 is 0 Å². The molecule has 0 saturated heterocycles. The topological polar surface area (TPSA) is 60.9 Å². The number of hydrogen-bond acceptors (Lipinski definition) is 3. The molecule has 1 heterocycles. The molecule has 90 valence electrons. The van der Waals surface area contributed by atoms with Gasteiger partial charge in [0.05, 0.1) is 17.5 Å². The van der Waals surface area contributed by atoms with Crippen molar-refractivity contribution in [3.63, 3.8) is 0 Å². The van der Waals surface area contributed by atoms with Crippen LogP contribution in [0.3, 0.4) is 0 Å². The van der Waals surface area contributed by atoms with E-state index in [0.29, 0.717) is 12.3 Å². The number of para-hydroxylation sites is 2. The highest BCUT2D eigenvalue weighted by molar-refractivity contribution is 5.87. The Hall–Kier alpha value is -2.49. The zero-order valence-electron chi connectivity index (χ0n) is 9.72. The number of aromatic amines is 1. The normalized spacial score (nSPS) is 10.7. The first-order chi connectivity index (χ1) is 8.84. The number of anilines is 1. The molecular formula is C14H13N3O. The molecule has 0 amide bonds. The first-order valence-corrected chi connectivity index (χ1v) is 5.77. The van der Waals surface area contributed by atoms with Crippen molar-refractivity contribution >= 4 is 16.7 Å². The molecule has 0 aliphatic carbocycles. The lowest BCUT2D eigenvalue weighted by Crippen LogP contribution is -2.00. The second-order valence-corrected chi connectivity index (χ2v) is 4.09. The molecule has 1 aromatic heterocycles. The van der Waals surface area contributed by atoms with Crippen LogP contribution in [0.4, 0.5) is 5.69 Å². The SMILES string of the molecule is Oc1ccccc1CNc1cccc2[nH]cnc12. The zero-order chi connectivity index (χ0) is 12.4. The summed E-state index contributed by atoms with van der Waals surface area (Å²) in [4.78, 5) is 7.34. The summed E-state index contributed by atoms with van der Waals surface area (Å²) >= 11 is 0. The zero-order valence-corrected chi connectivity index (χ0v) is 9.72. The fraction of sp³-hybridized carbons (Fsp3) is 0.0714. The van der Waals surface area contributed by atoms with E-state index in [1.165, 1.54) is 0 Å². The Morgan fingerprint density at radius 1 is 1.11 bits per heavy atom. The molecule has 0 bridgehead atoms. The molecule has 3 rings (SSSR count). The summed E-state index contributed by atoms with van der Waals surface area (Å²) in [6.07, 6.45) is 1.68. The highest BCUT2D eigenvalue weighted by atomic mass is 16.3. The molecular weight excluding hydrogens is 226 g/mol. The molecule has 0 unspecified atom stereocenters. The van der Waals surface area contributed by atoms with Crippen molar-refractivity contribution in [2.75, 3.05) is 5.32 Å². The number of fused-ring (bicyclic) bond motifs is 1. The standard InChI is InChI=1S/C14H13N3O/c18-13-7-2-1-4-10(13)8-15-11-5-3-6-12-14(11)17-9-16-12/h1-7,9,15,18H,8H2,(H,16,17). The van der Waals surface area contributed by atoms with Crippen LogP contribution in [0.1, 0.15) is 5.56 Å². The fourth-order valence-electron chi connectivity index (χ4n) is 1.96. The predicted molar refractivity (Wildman–Crippen MR) is 71.5 cm³/mol. The number of phenols is 1. The number of nitrogens with zero attached hydrogens (tertiary/aromatic N) is 1. The van der Waals surface area contributed by atoms with E-state index in [2.05, 4.69) is 15.3 Å². The molecule has 0 radical (unpaired) electrons. The van der Waals surface area contributed by atoms with Gasteiger partial charge in [0, 0.05) is 12.1 Å². The van der Waals surface area contributed by atoms with Crippen molar-refractivity contribution in [2.45, 2.75) is 6.54 Å². The molecule has 0 spiro atoms. The second kappa shape index (κ2) is 4.41. The molecule has 2 aromatic carbocycles. The molecule has 3 N–H and O–H groups in total. The third-order valence-electron chi connectivity index (χ3n) is 2.91. The Labute approximate surface area is 104 Å². The van der Waals surface area contributed by atoms with Crippen LogP contribution in [0.5, 0.6) is 5.75 Å². The second-order valence-electron chi connectivity index (χ2n) is 4.09. The largest absolute Gasteiger partial charge is 0.508 e. The number of aromatic nitrogens is 2. The lowest BCUT2D eigenvalue weighted by atomic mass is 10.2. The average molecular weight is 239 g/mol. The Balaban J connectivity index is 1.85. The lowest BCUT2D eigenvalue weighted by Gasteiger charge is -2.08. The Morgan fingerprint density at radius 2 is 2.00 bits per heavy atom. The van der Waals surface area contributed by atoms with Gasteiger partial charge in [-0.05, 0) is 18.2 Å². The monoisotopic (exact) mass is 239 g/mol. The minimum atomic E-state index is 0.305. The van der Waals surface area contributed by atoms with E-state index >= 15 is 0 Å². The van der Waals surface area contributed by atoms with Crippen molar-refractivity contribution in [3.8, 4) is 5.75 Å². The number of nitrogens with one attached hydrogen (secondary N) is 2. The number of aromatic hydroxyl groups is 1. The van der Waals surface area contributed by atoms with E-state index in [-0.39, 0.29) is 0 Å². The molecule has 0 aliphatic rings. The van der Waals surface area contributed by atoms with Gasteiger partial charge in [-0.2, -0.15) is 0 Å². The summed E-state index contributed by atoms with van der Waals surface area (Å²) in [5.74, 6) is 0.305. The number of rotatable bonds is 3. The van der Waals surface area contributed by atoms with Crippen LogP contribution in [0.2, 0.25) is 0 Å². The first-order valence-electron chi connectivity index (χ1n) is 5.77. The number of H-pyrrole nitrogens is 1. The van der Waals surface area contributed by atoms with E-state index in [1.54, 1.807) is 12.4 Å². The number of benzene rings is 2. The molecule has 18 heavy (non-hydrogen) atoms. The molecule has 0 aliphatic heterocycles. The van der Waals surface area contributed by atoms with E-state index < -0.39 is 0 Å².